The van der Waals surface area contributed by atoms with Crippen molar-refractivity contribution in [3.05, 3.63) is 34.4 Å². The van der Waals surface area contributed by atoms with Crippen molar-refractivity contribution in [3.63, 3.8) is 0 Å². The molecule has 0 spiro atoms. The summed E-state index contributed by atoms with van der Waals surface area (Å²) in [5.41, 5.74) is 10.0. The van der Waals surface area contributed by atoms with Crippen molar-refractivity contribution in [2.24, 2.45) is 5.73 Å². The summed E-state index contributed by atoms with van der Waals surface area (Å²) >= 11 is 0. The van der Waals surface area contributed by atoms with Crippen molar-refractivity contribution in [2.75, 3.05) is 13.7 Å². The number of hydrogen-bond acceptors (Lipinski definition) is 3. The second kappa shape index (κ2) is 6.66. The average Bonchev–Trinajstić information content (AvgIpc) is 2.24. The number of carbonyl (C=O) groups is 1. The molecule has 1 aromatic carbocycles. The Bertz CT molecular complexity index is 403. The Labute approximate surface area is 109 Å². The highest BCUT2D eigenvalue weighted by atomic mass is 16.5. The number of methoxy groups -OCH3 is 1. The highest BCUT2D eigenvalue weighted by molar-refractivity contribution is 5.99. The smallest absolute Gasteiger partial charge is 0.164 e. The van der Waals surface area contributed by atoms with E-state index in [1.54, 1.807) is 7.11 Å². The van der Waals surface area contributed by atoms with Crippen LogP contribution in [-0.2, 0) is 4.74 Å². The van der Waals surface area contributed by atoms with Gasteiger partial charge in [0, 0.05) is 31.7 Å². The summed E-state index contributed by atoms with van der Waals surface area (Å²) in [5.74, 6) is 0.133. The lowest BCUT2D eigenvalue weighted by atomic mass is 9.93. The number of ether oxygens (including phenoxy) is 1. The fraction of sp³-hybridized carbons (Fsp3) is 0.533. The van der Waals surface area contributed by atoms with Gasteiger partial charge in [-0.2, -0.15) is 0 Å². The molecule has 0 aliphatic rings. The molecule has 0 bridgehead atoms. The number of nitrogens with two attached hydrogens (primary N) is 1. The molecular weight excluding hydrogens is 226 g/mol. The van der Waals surface area contributed by atoms with Crippen molar-refractivity contribution < 1.29 is 9.53 Å². The van der Waals surface area contributed by atoms with Gasteiger partial charge in [0.15, 0.2) is 5.78 Å². The summed E-state index contributed by atoms with van der Waals surface area (Å²) in [6.45, 7) is 6.60. The lowest BCUT2D eigenvalue weighted by Gasteiger charge is -2.14. The Hall–Kier alpha value is -1.19. The van der Waals surface area contributed by atoms with Crippen LogP contribution in [0.25, 0.3) is 0 Å². The minimum atomic E-state index is -0.127. The van der Waals surface area contributed by atoms with Gasteiger partial charge in [0.2, 0.25) is 0 Å². The maximum Gasteiger partial charge on any atom is 0.164 e. The van der Waals surface area contributed by atoms with Gasteiger partial charge in [-0.1, -0.05) is 17.7 Å². The molecule has 0 fully saturated rings. The van der Waals surface area contributed by atoms with Crippen LogP contribution in [0.2, 0.25) is 0 Å². The third-order valence-corrected chi connectivity index (χ3v) is 3.10. The van der Waals surface area contributed by atoms with E-state index in [2.05, 4.69) is 0 Å². The zero-order valence-electron chi connectivity index (χ0n) is 11.7. The molecule has 0 amide bonds. The van der Waals surface area contributed by atoms with Gasteiger partial charge in [-0.25, -0.2) is 0 Å². The number of rotatable bonds is 6. The maximum atomic E-state index is 12.3. The van der Waals surface area contributed by atoms with E-state index >= 15 is 0 Å². The standard InChI is InChI=1S/C15H23NO2/c1-10-7-11(2)15(12(3)8-10)14(17)9-13(16)5-6-18-4/h7-8,13H,5-6,9,16H2,1-4H3. The molecule has 3 heteroatoms. The predicted molar refractivity (Wildman–Crippen MR) is 74.1 cm³/mol. The molecule has 0 aromatic heterocycles. The van der Waals surface area contributed by atoms with Crippen LogP contribution in [0.1, 0.15) is 39.9 Å². The van der Waals surface area contributed by atoms with Gasteiger partial charge in [-0.05, 0) is 38.3 Å². The number of benzene rings is 1. The second-order valence-corrected chi connectivity index (χ2v) is 4.94. The Morgan fingerprint density at radius 3 is 2.33 bits per heavy atom. The van der Waals surface area contributed by atoms with E-state index in [1.807, 2.05) is 32.9 Å². The van der Waals surface area contributed by atoms with Crippen molar-refractivity contribution in [1.82, 2.24) is 0 Å². The fourth-order valence-corrected chi connectivity index (χ4v) is 2.33. The van der Waals surface area contributed by atoms with Crippen molar-refractivity contribution in [2.45, 2.75) is 39.7 Å². The van der Waals surface area contributed by atoms with Crippen LogP contribution in [0, 0.1) is 20.8 Å². The maximum absolute atomic E-state index is 12.3. The molecule has 0 saturated heterocycles. The van der Waals surface area contributed by atoms with Gasteiger partial charge in [-0.3, -0.25) is 4.79 Å². The normalized spacial score (nSPS) is 12.5. The third kappa shape index (κ3) is 3.93. The van der Waals surface area contributed by atoms with Crippen LogP contribution in [-0.4, -0.2) is 25.5 Å². The third-order valence-electron chi connectivity index (χ3n) is 3.10. The first-order valence-corrected chi connectivity index (χ1v) is 6.31. The van der Waals surface area contributed by atoms with Crippen LogP contribution in [0.4, 0.5) is 0 Å². The second-order valence-electron chi connectivity index (χ2n) is 4.94. The van der Waals surface area contributed by atoms with Crippen molar-refractivity contribution >= 4 is 5.78 Å². The molecule has 3 nitrogen and oxygen atoms in total. The summed E-state index contributed by atoms with van der Waals surface area (Å²) in [6, 6.07) is 3.96. The zero-order chi connectivity index (χ0) is 13.7. The Kier molecular flexibility index (Phi) is 5.51. The first kappa shape index (κ1) is 14.9. The molecule has 100 valence electrons. The minimum Gasteiger partial charge on any atom is -0.385 e. The number of Topliss-reactive ketones (excluding diaryl/α,β-unsaturated/α-hetero) is 1. The van der Waals surface area contributed by atoms with Gasteiger partial charge in [0.1, 0.15) is 0 Å². The lowest BCUT2D eigenvalue weighted by Crippen LogP contribution is -2.26. The molecule has 18 heavy (non-hydrogen) atoms. The van der Waals surface area contributed by atoms with Crippen LogP contribution in [0.3, 0.4) is 0 Å². The average molecular weight is 249 g/mol. The number of carbonyl (C=O) groups excluding carboxylic acids is 1. The molecule has 1 unspecified atom stereocenters. The van der Waals surface area contributed by atoms with E-state index in [1.165, 1.54) is 5.56 Å². The summed E-state index contributed by atoms with van der Waals surface area (Å²) in [6.07, 6.45) is 1.10. The van der Waals surface area contributed by atoms with Gasteiger partial charge in [-0.15, -0.1) is 0 Å². The molecule has 0 aliphatic carbocycles. The van der Waals surface area contributed by atoms with E-state index < -0.39 is 0 Å². The molecule has 1 atom stereocenters. The topological polar surface area (TPSA) is 52.3 Å². The first-order valence-electron chi connectivity index (χ1n) is 6.31. The Morgan fingerprint density at radius 2 is 1.83 bits per heavy atom. The molecule has 0 saturated carbocycles. The molecule has 1 aromatic rings. The number of hydrogen-bond donors (Lipinski definition) is 1. The SMILES string of the molecule is COCCC(N)CC(=O)c1c(C)cc(C)cc1C. The van der Waals surface area contributed by atoms with Crippen LogP contribution < -0.4 is 5.73 Å². The molecule has 0 heterocycles. The summed E-state index contributed by atoms with van der Waals surface area (Å²) in [7, 11) is 1.64. The van der Waals surface area contributed by atoms with E-state index in [0.29, 0.717) is 19.4 Å². The van der Waals surface area contributed by atoms with Gasteiger partial charge in [0.05, 0.1) is 0 Å². The van der Waals surface area contributed by atoms with Crippen LogP contribution >= 0.6 is 0 Å². The monoisotopic (exact) mass is 249 g/mol. The summed E-state index contributed by atoms with van der Waals surface area (Å²) in [4.78, 5) is 12.3. The van der Waals surface area contributed by atoms with Gasteiger partial charge in [0.25, 0.3) is 0 Å². The summed E-state index contributed by atoms with van der Waals surface area (Å²) in [5, 5.41) is 0. The van der Waals surface area contributed by atoms with E-state index in [9.17, 15) is 4.79 Å². The molecule has 2 N–H and O–H groups in total. The Morgan fingerprint density at radius 1 is 1.28 bits per heavy atom. The zero-order valence-corrected chi connectivity index (χ0v) is 11.7. The van der Waals surface area contributed by atoms with Crippen LogP contribution in [0.5, 0.6) is 0 Å². The predicted octanol–water partition coefficient (Wildman–Crippen LogP) is 2.55. The number of ketones is 1. The largest absolute Gasteiger partial charge is 0.385 e. The fourth-order valence-electron chi connectivity index (χ4n) is 2.33. The van der Waals surface area contributed by atoms with E-state index in [0.717, 1.165) is 16.7 Å². The van der Waals surface area contributed by atoms with Crippen molar-refractivity contribution in [1.29, 1.82) is 0 Å². The molecule has 1 rings (SSSR count). The highest BCUT2D eigenvalue weighted by Gasteiger charge is 2.16. The van der Waals surface area contributed by atoms with E-state index in [-0.39, 0.29) is 11.8 Å². The quantitative estimate of drug-likeness (QED) is 0.788. The molecule has 0 aliphatic heterocycles. The van der Waals surface area contributed by atoms with Crippen molar-refractivity contribution in [3.8, 4) is 0 Å². The minimum absolute atomic E-state index is 0.127. The van der Waals surface area contributed by atoms with Crippen LogP contribution in [0.15, 0.2) is 12.1 Å². The first-order chi connectivity index (χ1) is 8.45. The molecular formula is C15H23NO2. The summed E-state index contributed by atoms with van der Waals surface area (Å²) < 4.78 is 4.97. The lowest BCUT2D eigenvalue weighted by molar-refractivity contribution is 0.0965. The van der Waals surface area contributed by atoms with Gasteiger partial charge < -0.3 is 10.5 Å². The van der Waals surface area contributed by atoms with Gasteiger partial charge >= 0.3 is 0 Å². The Balaban J connectivity index is 2.78. The highest BCUT2D eigenvalue weighted by Crippen LogP contribution is 2.19. The van der Waals surface area contributed by atoms with E-state index in [4.69, 9.17) is 10.5 Å². The molecule has 0 radical (unpaired) electrons. The number of aryl methyl sites for hydroxylation is 3.